The van der Waals surface area contributed by atoms with Crippen LogP contribution in [-0.2, 0) is 21.3 Å². The molecule has 0 unspecified atom stereocenters. The second-order valence-electron chi connectivity index (χ2n) is 8.92. The molecule has 0 atom stereocenters. The fourth-order valence-corrected chi connectivity index (χ4v) is 5.61. The minimum Gasteiger partial charge on any atom is -0.810 e. The normalized spacial score (nSPS) is 12.2. The first-order valence-electron chi connectivity index (χ1n) is 12.5. The maximum Gasteiger partial charge on any atom is 2.00 e. The van der Waals surface area contributed by atoms with Crippen LogP contribution in [-0.4, -0.2) is 5.16 Å². The van der Waals surface area contributed by atoms with Crippen LogP contribution in [0.2, 0.25) is 0 Å². The van der Waals surface area contributed by atoms with E-state index in [-0.39, 0.29) is 16.8 Å². The van der Waals surface area contributed by atoms with Crippen LogP contribution < -0.4 is 9.79 Å². The topological polar surface area (TPSA) is 63.2 Å². The molecular weight excluding hydrogens is 426 g/mol. The molecule has 0 aromatic rings. The van der Waals surface area contributed by atoms with Gasteiger partial charge in [0.1, 0.15) is 0 Å². The first-order valence-corrected chi connectivity index (χ1v) is 14.0. The van der Waals surface area contributed by atoms with Gasteiger partial charge in [-0.15, -0.1) is 0 Å². The summed E-state index contributed by atoms with van der Waals surface area (Å²) in [6.45, 7) is 6.59. The molecule has 0 aliphatic carbocycles. The van der Waals surface area contributed by atoms with E-state index in [9.17, 15) is 14.4 Å². The van der Waals surface area contributed by atoms with Gasteiger partial charge in [-0.3, -0.25) is 0 Å². The molecule has 0 saturated heterocycles. The van der Waals surface area contributed by atoms with Gasteiger partial charge in [0.2, 0.25) is 0 Å². The second-order valence-corrected chi connectivity index (χ2v) is 10.9. The van der Waals surface area contributed by atoms with Crippen molar-refractivity contribution in [3.05, 3.63) is 0 Å². The Hall–Kier alpha value is 0.656. The maximum absolute atomic E-state index is 12.4. The van der Waals surface area contributed by atoms with Crippen molar-refractivity contribution in [3.63, 3.8) is 0 Å². The van der Waals surface area contributed by atoms with Crippen molar-refractivity contribution in [2.45, 2.75) is 154 Å². The Balaban J connectivity index is 0. The molecule has 0 amide bonds. The van der Waals surface area contributed by atoms with Crippen molar-refractivity contribution in [2.75, 3.05) is 0 Å². The van der Waals surface area contributed by atoms with Crippen LogP contribution in [0.15, 0.2) is 0 Å². The molecule has 29 heavy (non-hydrogen) atoms. The Bertz CT molecular complexity index is 368. The molecule has 0 aliphatic rings. The second kappa shape index (κ2) is 20.6. The molecular formula is C24H49CoO3P. The third kappa shape index (κ3) is 16.0. The first-order chi connectivity index (χ1) is 13.4. The zero-order valence-electron chi connectivity index (χ0n) is 19.6. The molecule has 0 aromatic heterocycles. The molecule has 0 aliphatic heterocycles. The Kier molecular flexibility index (Phi) is 22.6. The van der Waals surface area contributed by atoms with E-state index >= 15 is 0 Å². The molecule has 0 rings (SSSR count). The van der Waals surface area contributed by atoms with Gasteiger partial charge in [0.05, 0.1) is 0 Å². The zero-order valence-corrected chi connectivity index (χ0v) is 21.6. The van der Waals surface area contributed by atoms with Gasteiger partial charge >= 0.3 is 16.8 Å². The molecule has 0 spiro atoms. The fourth-order valence-electron chi connectivity index (χ4n) is 4.31. The molecule has 0 saturated carbocycles. The van der Waals surface area contributed by atoms with E-state index in [4.69, 9.17) is 0 Å². The summed E-state index contributed by atoms with van der Waals surface area (Å²) in [5.74, 6) is 0. The monoisotopic (exact) mass is 475 g/mol. The number of rotatable bonds is 21. The summed E-state index contributed by atoms with van der Waals surface area (Å²) in [6, 6.07) is 0. The summed E-state index contributed by atoms with van der Waals surface area (Å²) in [4.78, 5) is 24.8. The molecule has 0 fully saturated rings. The fraction of sp³-hybridized carbons (Fsp3) is 1.00. The predicted octanol–water partition coefficient (Wildman–Crippen LogP) is 7.50. The third-order valence-corrected chi connectivity index (χ3v) is 8.15. The van der Waals surface area contributed by atoms with Crippen molar-refractivity contribution in [2.24, 2.45) is 0 Å². The number of hydrogen-bond acceptors (Lipinski definition) is 3. The van der Waals surface area contributed by atoms with E-state index in [2.05, 4.69) is 20.8 Å². The van der Waals surface area contributed by atoms with Crippen LogP contribution in [0.5, 0.6) is 0 Å². The Morgan fingerprint density at radius 3 is 1.00 bits per heavy atom. The van der Waals surface area contributed by atoms with Gasteiger partial charge in [0.15, 0.2) is 0 Å². The van der Waals surface area contributed by atoms with E-state index in [1.807, 2.05) is 0 Å². The number of unbranched alkanes of at least 4 members (excludes halogenated alkanes) is 14. The van der Waals surface area contributed by atoms with Crippen LogP contribution >= 0.6 is 7.60 Å². The maximum atomic E-state index is 12.4. The molecule has 5 heteroatoms. The quantitative estimate of drug-likeness (QED) is 0.128. The smallest absolute Gasteiger partial charge is 0.810 e. The SMILES string of the molecule is CCCCCCCCC(CCCCCCC)(CCCCCCCC)P(=O)([O-])[O-].[Co+2]. The molecule has 3 nitrogen and oxygen atoms in total. The van der Waals surface area contributed by atoms with Crippen LogP contribution in [0.4, 0.5) is 0 Å². The van der Waals surface area contributed by atoms with Crippen LogP contribution in [0.1, 0.15) is 149 Å². The van der Waals surface area contributed by atoms with Crippen molar-refractivity contribution in [1.82, 2.24) is 0 Å². The minimum absolute atomic E-state index is 0. The van der Waals surface area contributed by atoms with Gasteiger partial charge in [-0.25, -0.2) is 0 Å². The van der Waals surface area contributed by atoms with Gasteiger partial charge in [0, 0.05) is 0 Å². The standard InChI is InChI=1S/C24H51O3P.Co/c1-4-7-10-13-16-19-22-24(28(25,26)27,21-18-15-12-9-6-3)23-20-17-14-11-8-5-2;/h4-23H2,1-3H3,(H2,25,26,27);/q;+2/p-2. The summed E-state index contributed by atoms with van der Waals surface area (Å²) in [5.41, 5.74) is 0. The minimum atomic E-state index is -4.59. The Morgan fingerprint density at radius 1 is 0.517 bits per heavy atom. The van der Waals surface area contributed by atoms with Gasteiger partial charge in [0.25, 0.3) is 0 Å². The van der Waals surface area contributed by atoms with E-state index in [1.54, 1.807) is 0 Å². The average Bonchev–Trinajstić information content (AvgIpc) is 2.65. The summed E-state index contributed by atoms with van der Waals surface area (Å²) in [5, 5.41) is -0.977. The molecule has 1 radical (unpaired) electrons. The number of hydrogen-bond donors (Lipinski definition) is 0. The van der Waals surface area contributed by atoms with E-state index in [1.165, 1.54) is 64.2 Å². The van der Waals surface area contributed by atoms with Gasteiger partial charge in [-0.05, 0) is 24.4 Å². The van der Waals surface area contributed by atoms with Gasteiger partial charge in [-0.2, -0.15) is 0 Å². The van der Waals surface area contributed by atoms with Crippen molar-refractivity contribution >= 4 is 7.60 Å². The van der Waals surface area contributed by atoms with E-state index in [0.29, 0.717) is 19.3 Å². The summed E-state index contributed by atoms with van der Waals surface area (Å²) >= 11 is 0. The molecule has 0 N–H and O–H groups in total. The summed E-state index contributed by atoms with van der Waals surface area (Å²) in [6.07, 6.45) is 20.9. The third-order valence-electron chi connectivity index (χ3n) is 6.32. The largest absolute Gasteiger partial charge is 2.00 e. The summed E-state index contributed by atoms with van der Waals surface area (Å²) < 4.78 is 12.4. The molecule has 177 valence electrons. The van der Waals surface area contributed by atoms with E-state index in [0.717, 1.165) is 44.9 Å². The molecule has 0 bridgehead atoms. The molecule has 0 aromatic carbocycles. The average molecular weight is 476 g/mol. The predicted molar refractivity (Wildman–Crippen MR) is 120 cm³/mol. The zero-order chi connectivity index (χ0) is 21.1. The van der Waals surface area contributed by atoms with Crippen molar-refractivity contribution in [1.29, 1.82) is 0 Å². The van der Waals surface area contributed by atoms with Crippen LogP contribution in [0.25, 0.3) is 0 Å². The van der Waals surface area contributed by atoms with Gasteiger partial charge in [-0.1, -0.05) is 138 Å². The Labute approximate surface area is 193 Å². The molecule has 0 heterocycles. The first kappa shape index (κ1) is 31.8. The van der Waals surface area contributed by atoms with Crippen LogP contribution in [0, 0.1) is 0 Å². The van der Waals surface area contributed by atoms with Gasteiger partial charge < -0.3 is 14.4 Å². The van der Waals surface area contributed by atoms with Crippen LogP contribution in [0.3, 0.4) is 0 Å². The Morgan fingerprint density at radius 2 is 0.759 bits per heavy atom. The summed E-state index contributed by atoms with van der Waals surface area (Å²) in [7, 11) is -4.59. The van der Waals surface area contributed by atoms with Crippen molar-refractivity contribution < 1.29 is 31.1 Å². The van der Waals surface area contributed by atoms with Crippen molar-refractivity contribution in [3.8, 4) is 0 Å². The van der Waals surface area contributed by atoms with E-state index < -0.39 is 12.8 Å².